The minimum Gasteiger partial charge on any atom is -0.380 e. The first-order valence-corrected chi connectivity index (χ1v) is 6.24. The highest BCUT2D eigenvalue weighted by Gasteiger charge is 2.14. The zero-order valence-electron chi connectivity index (χ0n) is 11.9. The summed E-state index contributed by atoms with van der Waals surface area (Å²) < 4.78 is 5.30. The van der Waals surface area contributed by atoms with E-state index in [1.807, 2.05) is 0 Å². The number of anilines is 1. The van der Waals surface area contributed by atoms with Crippen LogP contribution in [0.1, 0.15) is 40.2 Å². The maximum Gasteiger partial charge on any atom is 0.0741 e. The van der Waals surface area contributed by atoms with Gasteiger partial charge in [0.2, 0.25) is 0 Å². The van der Waals surface area contributed by atoms with Gasteiger partial charge in [-0.1, -0.05) is 32.9 Å². The Labute approximate surface area is 105 Å². The van der Waals surface area contributed by atoms with Crippen molar-refractivity contribution in [1.29, 1.82) is 0 Å². The van der Waals surface area contributed by atoms with Gasteiger partial charge in [-0.2, -0.15) is 0 Å². The summed E-state index contributed by atoms with van der Waals surface area (Å²) in [6.45, 7) is 10.9. The first-order chi connectivity index (χ1) is 7.84. The molecule has 2 heteroatoms. The lowest BCUT2D eigenvalue weighted by atomic mass is 9.87. The molecule has 0 heterocycles. The third-order valence-corrected chi connectivity index (χ3v) is 3.22. The predicted octanol–water partition coefficient (Wildman–Crippen LogP) is 3.82. The Hall–Kier alpha value is -1.02. The lowest BCUT2D eigenvalue weighted by molar-refractivity contribution is 0.106. The number of benzene rings is 1. The van der Waals surface area contributed by atoms with Crippen LogP contribution < -0.4 is 5.32 Å². The summed E-state index contributed by atoms with van der Waals surface area (Å²) in [5, 5.41) is 3.45. The molecule has 0 aliphatic heterocycles. The summed E-state index contributed by atoms with van der Waals surface area (Å²) in [6.07, 6.45) is 0.206. The van der Waals surface area contributed by atoms with E-state index in [0.717, 1.165) is 5.69 Å². The van der Waals surface area contributed by atoms with Crippen LogP contribution in [-0.2, 0) is 10.2 Å². The van der Waals surface area contributed by atoms with Crippen molar-refractivity contribution >= 4 is 5.69 Å². The highest BCUT2D eigenvalue weighted by atomic mass is 16.5. The SMILES string of the molecule is COC(C)C(C)Nc1ccc(C(C)(C)C)cc1. The van der Waals surface area contributed by atoms with E-state index in [-0.39, 0.29) is 11.5 Å². The number of ether oxygens (including phenoxy) is 1. The normalized spacial score (nSPS) is 15.4. The van der Waals surface area contributed by atoms with Crippen LogP contribution in [0.4, 0.5) is 5.69 Å². The number of hydrogen-bond acceptors (Lipinski definition) is 2. The van der Waals surface area contributed by atoms with Crippen molar-refractivity contribution in [2.24, 2.45) is 0 Å². The Morgan fingerprint density at radius 1 is 1.06 bits per heavy atom. The van der Waals surface area contributed by atoms with Crippen LogP contribution in [0.3, 0.4) is 0 Å². The second kappa shape index (κ2) is 5.54. The fourth-order valence-corrected chi connectivity index (χ4v) is 1.65. The van der Waals surface area contributed by atoms with Gasteiger partial charge >= 0.3 is 0 Å². The van der Waals surface area contributed by atoms with Gasteiger partial charge in [0.05, 0.1) is 6.10 Å². The topological polar surface area (TPSA) is 21.3 Å². The molecule has 0 aromatic heterocycles. The van der Waals surface area contributed by atoms with Crippen molar-refractivity contribution in [2.75, 3.05) is 12.4 Å². The third kappa shape index (κ3) is 4.04. The Kier molecular flexibility index (Phi) is 4.58. The summed E-state index contributed by atoms with van der Waals surface area (Å²) in [5.74, 6) is 0. The second-order valence-corrected chi connectivity index (χ2v) is 5.70. The van der Waals surface area contributed by atoms with Gasteiger partial charge in [-0.05, 0) is 37.0 Å². The van der Waals surface area contributed by atoms with E-state index in [0.29, 0.717) is 6.04 Å². The van der Waals surface area contributed by atoms with Crippen molar-refractivity contribution in [2.45, 2.75) is 52.2 Å². The molecule has 1 aromatic rings. The van der Waals surface area contributed by atoms with E-state index in [1.54, 1.807) is 7.11 Å². The lowest BCUT2D eigenvalue weighted by Gasteiger charge is -2.23. The van der Waals surface area contributed by atoms with Crippen LogP contribution >= 0.6 is 0 Å². The van der Waals surface area contributed by atoms with Crippen LogP contribution in [0.25, 0.3) is 0 Å². The van der Waals surface area contributed by atoms with Crippen LogP contribution in [0.15, 0.2) is 24.3 Å². The van der Waals surface area contributed by atoms with E-state index >= 15 is 0 Å². The van der Waals surface area contributed by atoms with E-state index in [1.165, 1.54) is 5.56 Å². The number of hydrogen-bond donors (Lipinski definition) is 1. The molecule has 0 amide bonds. The zero-order chi connectivity index (χ0) is 13.1. The molecule has 0 saturated heterocycles. The van der Waals surface area contributed by atoms with Crippen molar-refractivity contribution in [1.82, 2.24) is 0 Å². The minimum absolute atomic E-state index is 0.206. The Morgan fingerprint density at radius 2 is 1.59 bits per heavy atom. The molecule has 0 bridgehead atoms. The molecule has 0 radical (unpaired) electrons. The van der Waals surface area contributed by atoms with E-state index in [2.05, 4.69) is 64.2 Å². The highest BCUT2D eigenvalue weighted by molar-refractivity contribution is 5.46. The smallest absolute Gasteiger partial charge is 0.0741 e. The van der Waals surface area contributed by atoms with Crippen LogP contribution in [0.2, 0.25) is 0 Å². The van der Waals surface area contributed by atoms with E-state index in [4.69, 9.17) is 4.74 Å². The summed E-state index contributed by atoms with van der Waals surface area (Å²) in [7, 11) is 1.74. The highest BCUT2D eigenvalue weighted by Crippen LogP contribution is 2.23. The van der Waals surface area contributed by atoms with Crippen LogP contribution in [0.5, 0.6) is 0 Å². The third-order valence-electron chi connectivity index (χ3n) is 3.22. The Morgan fingerprint density at radius 3 is 2.00 bits per heavy atom. The predicted molar refractivity (Wildman–Crippen MR) is 74.7 cm³/mol. The monoisotopic (exact) mass is 235 g/mol. The summed E-state index contributed by atoms with van der Waals surface area (Å²) >= 11 is 0. The summed E-state index contributed by atoms with van der Waals surface area (Å²) in [6, 6.07) is 8.96. The average Bonchev–Trinajstić information content (AvgIpc) is 2.27. The van der Waals surface area contributed by atoms with Gasteiger partial charge in [0.25, 0.3) is 0 Å². The Balaban J connectivity index is 2.69. The van der Waals surface area contributed by atoms with Crippen LogP contribution in [0, 0.1) is 0 Å². The van der Waals surface area contributed by atoms with Crippen molar-refractivity contribution in [3.63, 3.8) is 0 Å². The molecule has 0 aliphatic carbocycles. The molecule has 96 valence electrons. The van der Waals surface area contributed by atoms with E-state index in [9.17, 15) is 0 Å². The molecule has 17 heavy (non-hydrogen) atoms. The number of methoxy groups -OCH3 is 1. The number of rotatable bonds is 4. The molecule has 2 unspecified atom stereocenters. The fraction of sp³-hybridized carbons (Fsp3) is 0.600. The van der Waals surface area contributed by atoms with Gasteiger partial charge < -0.3 is 10.1 Å². The average molecular weight is 235 g/mol. The molecule has 0 saturated carbocycles. The van der Waals surface area contributed by atoms with Gasteiger partial charge in [-0.15, -0.1) is 0 Å². The van der Waals surface area contributed by atoms with Crippen molar-refractivity contribution in [3.05, 3.63) is 29.8 Å². The van der Waals surface area contributed by atoms with Gasteiger partial charge in [0, 0.05) is 18.8 Å². The lowest BCUT2D eigenvalue weighted by Crippen LogP contribution is -2.29. The number of nitrogens with one attached hydrogen (secondary N) is 1. The molecular formula is C15H25NO. The van der Waals surface area contributed by atoms with Crippen molar-refractivity contribution < 1.29 is 4.74 Å². The first-order valence-electron chi connectivity index (χ1n) is 6.24. The Bertz CT molecular complexity index is 337. The first kappa shape index (κ1) is 14.0. The largest absolute Gasteiger partial charge is 0.380 e. The summed E-state index contributed by atoms with van der Waals surface area (Å²) in [5.41, 5.74) is 2.72. The zero-order valence-corrected chi connectivity index (χ0v) is 11.9. The molecule has 1 aromatic carbocycles. The molecule has 2 atom stereocenters. The van der Waals surface area contributed by atoms with Gasteiger partial charge in [-0.3, -0.25) is 0 Å². The fourth-order valence-electron chi connectivity index (χ4n) is 1.65. The van der Waals surface area contributed by atoms with Crippen LogP contribution in [-0.4, -0.2) is 19.3 Å². The maximum atomic E-state index is 5.30. The molecular weight excluding hydrogens is 210 g/mol. The molecule has 2 nitrogen and oxygen atoms in total. The summed E-state index contributed by atoms with van der Waals surface area (Å²) in [4.78, 5) is 0. The maximum absolute atomic E-state index is 5.30. The molecule has 0 spiro atoms. The second-order valence-electron chi connectivity index (χ2n) is 5.70. The van der Waals surface area contributed by atoms with Crippen molar-refractivity contribution in [3.8, 4) is 0 Å². The van der Waals surface area contributed by atoms with E-state index < -0.39 is 0 Å². The molecule has 0 fully saturated rings. The standard InChI is InChI=1S/C15H25NO/c1-11(12(2)17-6)16-14-9-7-13(8-10-14)15(3,4)5/h7-12,16H,1-6H3. The van der Waals surface area contributed by atoms with Gasteiger partial charge in [0.15, 0.2) is 0 Å². The molecule has 0 aliphatic rings. The minimum atomic E-state index is 0.206. The molecule has 1 rings (SSSR count). The quantitative estimate of drug-likeness (QED) is 0.856. The van der Waals surface area contributed by atoms with Gasteiger partial charge in [0.1, 0.15) is 0 Å². The molecule has 1 N–H and O–H groups in total. The van der Waals surface area contributed by atoms with Gasteiger partial charge in [-0.25, -0.2) is 0 Å².